The number of rotatable bonds is 20. The second-order valence-corrected chi connectivity index (χ2v) is 12.1. The van der Waals surface area contributed by atoms with Crippen LogP contribution in [0.4, 0.5) is 0 Å². The Labute approximate surface area is 249 Å². The second kappa shape index (κ2) is 22.7. The number of epoxide rings is 2. The van der Waals surface area contributed by atoms with E-state index in [0.29, 0.717) is 11.5 Å². The summed E-state index contributed by atoms with van der Waals surface area (Å²) in [7, 11) is -4.31. The zero-order chi connectivity index (χ0) is 29.4. The molecule has 0 aliphatic carbocycles. The summed E-state index contributed by atoms with van der Waals surface area (Å²) in [4.78, 5) is 10.6. The molecule has 0 spiro atoms. The molecule has 2 heterocycles. The fourth-order valence-electron chi connectivity index (χ4n) is 4.41. The highest BCUT2D eigenvalue weighted by Crippen LogP contribution is 2.46. The molecule has 0 saturated carbocycles. The summed E-state index contributed by atoms with van der Waals surface area (Å²) in [6.07, 6.45) is 18.9. The van der Waals surface area contributed by atoms with Gasteiger partial charge < -0.3 is 18.5 Å². The SMILES string of the molecule is C1CO1.C1CO1.CCCCCCCCCc1ccccc1OP(=O)(O)Oc1ccccc1CCCCCCCCC. The van der Waals surface area contributed by atoms with E-state index in [1.165, 1.54) is 64.2 Å². The molecule has 2 aliphatic rings. The van der Waals surface area contributed by atoms with Gasteiger partial charge >= 0.3 is 7.82 Å². The number of phosphoric ester groups is 1. The van der Waals surface area contributed by atoms with Crippen molar-refractivity contribution >= 4 is 7.82 Å². The van der Waals surface area contributed by atoms with Crippen molar-refractivity contribution in [1.29, 1.82) is 0 Å². The highest BCUT2D eigenvalue weighted by atomic mass is 31.2. The minimum absolute atomic E-state index is 0.439. The van der Waals surface area contributed by atoms with Gasteiger partial charge in [-0.25, -0.2) is 4.57 Å². The first-order valence-electron chi connectivity index (χ1n) is 16.1. The maximum Gasteiger partial charge on any atom is 0.584 e. The van der Waals surface area contributed by atoms with Crippen LogP contribution in [-0.2, 0) is 26.9 Å². The molecule has 0 amide bonds. The van der Waals surface area contributed by atoms with Crippen LogP contribution in [0.2, 0.25) is 0 Å². The fraction of sp³-hybridized carbons (Fsp3) is 0.647. The standard InChI is InChI=1S/C30H47O4P.2C2H4O/c1-3-5-7-9-11-13-15-21-27-23-17-19-25-29(27)33-35(31,32)34-30-26-20-18-24-28(30)22-16-14-12-10-8-6-4-2;2*1-2-3-1/h17-20,23-26H,3-16,21-22H2,1-2H3,(H,31,32);2*1-2H2. The molecule has 232 valence electrons. The molecule has 2 aromatic carbocycles. The Bertz CT molecular complexity index is 883. The van der Waals surface area contributed by atoms with Crippen LogP contribution in [0.1, 0.15) is 115 Å². The number of phosphoric acid groups is 1. The van der Waals surface area contributed by atoms with E-state index < -0.39 is 7.82 Å². The summed E-state index contributed by atoms with van der Waals surface area (Å²) < 4.78 is 33.1. The fourth-order valence-corrected chi connectivity index (χ4v) is 5.30. The van der Waals surface area contributed by atoms with E-state index in [4.69, 9.17) is 9.05 Å². The lowest BCUT2D eigenvalue weighted by Crippen LogP contribution is -2.03. The van der Waals surface area contributed by atoms with Crippen molar-refractivity contribution in [3.63, 3.8) is 0 Å². The van der Waals surface area contributed by atoms with E-state index >= 15 is 0 Å². The molecule has 0 radical (unpaired) electrons. The van der Waals surface area contributed by atoms with Crippen molar-refractivity contribution < 1.29 is 28.0 Å². The average molecular weight is 591 g/mol. The third-order valence-electron chi connectivity index (χ3n) is 6.88. The number of hydrogen-bond acceptors (Lipinski definition) is 5. The van der Waals surface area contributed by atoms with Crippen molar-refractivity contribution in [3.8, 4) is 11.5 Å². The Morgan fingerprint density at radius 3 is 1.24 bits per heavy atom. The summed E-state index contributed by atoms with van der Waals surface area (Å²) >= 11 is 0. The van der Waals surface area contributed by atoms with Crippen molar-refractivity contribution in [2.24, 2.45) is 0 Å². The van der Waals surface area contributed by atoms with Crippen LogP contribution >= 0.6 is 7.82 Å². The van der Waals surface area contributed by atoms with Gasteiger partial charge in [0.25, 0.3) is 0 Å². The van der Waals surface area contributed by atoms with Crippen molar-refractivity contribution in [1.82, 2.24) is 0 Å². The van der Waals surface area contributed by atoms with Gasteiger partial charge in [-0.05, 0) is 48.9 Å². The summed E-state index contributed by atoms with van der Waals surface area (Å²) in [5, 5.41) is 0. The number of hydrogen-bond donors (Lipinski definition) is 1. The zero-order valence-electron chi connectivity index (χ0n) is 25.7. The molecule has 2 fully saturated rings. The van der Waals surface area contributed by atoms with Crippen LogP contribution in [0, 0.1) is 0 Å². The molecule has 2 saturated heterocycles. The quantitative estimate of drug-likeness (QED) is 0.0939. The van der Waals surface area contributed by atoms with Gasteiger partial charge in [-0.15, -0.1) is 0 Å². The predicted octanol–water partition coefficient (Wildman–Crippen LogP) is 9.86. The Balaban J connectivity index is 0.000000862. The normalized spacial score (nSPS) is 13.3. The number of ether oxygens (including phenoxy) is 2. The third-order valence-corrected chi connectivity index (χ3v) is 7.74. The Morgan fingerprint density at radius 1 is 0.585 bits per heavy atom. The molecule has 2 aromatic rings. The predicted molar refractivity (Wildman–Crippen MR) is 169 cm³/mol. The first-order valence-corrected chi connectivity index (χ1v) is 17.6. The van der Waals surface area contributed by atoms with Crippen LogP contribution in [0.3, 0.4) is 0 Å². The van der Waals surface area contributed by atoms with E-state index in [1.54, 1.807) is 12.1 Å². The summed E-state index contributed by atoms with van der Waals surface area (Å²) in [5.41, 5.74) is 1.91. The lowest BCUT2D eigenvalue weighted by molar-refractivity contribution is 0.288. The van der Waals surface area contributed by atoms with Crippen LogP contribution in [0.25, 0.3) is 0 Å². The van der Waals surface area contributed by atoms with Gasteiger partial charge in [-0.3, -0.25) is 4.89 Å². The molecule has 4 rings (SSSR count). The second-order valence-electron chi connectivity index (χ2n) is 10.8. The van der Waals surface area contributed by atoms with E-state index in [-0.39, 0.29) is 0 Å². The lowest BCUT2D eigenvalue weighted by Gasteiger charge is -2.18. The van der Waals surface area contributed by atoms with Gasteiger partial charge in [0, 0.05) is 0 Å². The number of para-hydroxylation sites is 2. The highest BCUT2D eigenvalue weighted by molar-refractivity contribution is 7.48. The third kappa shape index (κ3) is 19.8. The molecule has 0 bridgehead atoms. The molecule has 6 nitrogen and oxygen atoms in total. The molecule has 1 N–H and O–H groups in total. The maximum absolute atomic E-state index is 12.9. The van der Waals surface area contributed by atoms with Crippen molar-refractivity contribution in [3.05, 3.63) is 59.7 Å². The largest absolute Gasteiger partial charge is 0.584 e. The van der Waals surface area contributed by atoms with Crippen LogP contribution < -0.4 is 9.05 Å². The Kier molecular flexibility index (Phi) is 19.6. The van der Waals surface area contributed by atoms with E-state index in [2.05, 4.69) is 23.3 Å². The monoisotopic (exact) mass is 590 g/mol. The topological polar surface area (TPSA) is 80.8 Å². The number of benzene rings is 2. The molecule has 0 unspecified atom stereocenters. The Morgan fingerprint density at radius 2 is 0.902 bits per heavy atom. The molecule has 2 aliphatic heterocycles. The van der Waals surface area contributed by atoms with Crippen molar-refractivity contribution in [2.75, 3.05) is 26.4 Å². The zero-order valence-corrected chi connectivity index (χ0v) is 26.6. The maximum atomic E-state index is 12.9. The highest BCUT2D eigenvalue weighted by Gasteiger charge is 2.27. The number of aryl methyl sites for hydroxylation is 2. The molecule has 7 heteroatoms. The molecule has 0 aromatic heterocycles. The van der Waals surface area contributed by atoms with E-state index in [9.17, 15) is 9.46 Å². The van der Waals surface area contributed by atoms with Gasteiger partial charge in [0.2, 0.25) is 0 Å². The van der Waals surface area contributed by atoms with Crippen LogP contribution in [0.5, 0.6) is 11.5 Å². The summed E-state index contributed by atoms with van der Waals surface area (Å²) in [6.45, 7) is 8.46. The van der Waals surface area contributed by atoms with Crippen molar-refractivity contribution in [2.45, 2.75) is 117 Å². The molecular weight excluding hydrogens is 535 g/mol. The van der Waals surface area contributed by atoms with Gasteiger partial charge in [0.1, 0.15) is 11.5 Å². The molecular formula is C34H55O6P. The first kappa shape index (κ1) is 35.3. The summed E-state index contributed by atoms with van der Waals surface area (Å²) in [6, 6.07) is 15.0. The average Bonchev–Trinajstić information content (AvgIpc) is 3.85. The smallest absolute Gasteiger partial charge is 0.395 e. The number of unbranched alkanes of at least 4 members (excludes halogenated alkanes) is 12. The van der Waals surface area contributed by atoms with E-state index in [0.717, 1.165) is 76.1 Å². The van der Waals surface area contributed by atoms with Crippen LogP contribution in [-0.4, -0.2) is 31.3 Å². The molecule has 0 atom stereocenters. The first-order chi connectivity index (χ1) is 20.1. The van der Waals surface area contributed by atoms with Crippen LogP contribution in [0.15, 0.2) is 48.5 Å². The van der Waals surface area contributed by atoms with Gasteiger partial charge in [-0.2, -0.15) is 0 Å². The van der Waals surface area contributed by atoms with Gasteiger partial charge in [0.05, 0.1) is 26.4 Å². The Hall–Kier alpha value is -1.85. The minimum atomic E-state index is -4.31. The van der Waals surface area contributed by atoms with Gasteiger partial charge in [-0.1, -0.05) is 127 Å². The van der Waals surface area contributed by atoms with E-state index in [1.807, 2.05) is 36.4 Å². The molecule has 41 heavy (non-hydrogen) atoms. The minimum Gasteiger partial charge on any atom is -0.395 e. The van der Waals surface area contributed by atoms with Gasteiger partial charge in [0.15, 0.2) is 0 Å². The summed E-state index contributed by atoms with van der Waals surface area (Å²) in [5.74, 6) is 0.878. The lowest BCUT2D eigenvalue weighted by atomic mass is 10.0.